The van der Waals surface area contributed by atoms with Gasteiger partial charge in [-0.1, -0.05) is 47.5 Å². The van der Waals surface area contributed by atoms with E-state index < -0.39 is 18.2 Å². The maximum Gasteiger partial charge on any atom is 0.405 e. The number of hydrogen-bond donors (Lipinski definition) is 3. The predicted molar refractivity (Wildman–Crippen MR) is 81.9 cm³/mol. The van der Waals surface area contributed by atoms with E-state index >= 15 is 0 Å². The molecule has 3 N–H and O–H groups in total. The van der Waals surface area contributed by atoms with Gasteiger partial charge in [-0.2, -0.15) is 0 Å². The van der Waals surface area contributed by atoms with Crippen LogP contribution in [0.15, 0.2) is 48.5 Å². The van der Waals surface area contributed by atoms with Gasteiger partial charge < -0.3 is 15.5 Å². The first-order valence-corrected chi connectivity index (χ1v) is 6.87. The fourth-order valence-corrected chi connectivity index (χ4v) is 2.44. The van der Waals surface area contributed by atoms with Gasteiger partial charge in [0.25, 0.3) is 0 Å². The van der Waals surface area contributed by atoms with Crippen molar-refractivity contribution in [3.05, 3.63) is 69.7 Å². The second kappa shape index (κ2) is 6.35. The Bertz CT molecular complexity index is 581. The third-order valence-electron chi connectivity index (χ3n) is 3.23. The van der Waals surface area contributed by atoms with Crippen LogP contribution in [-0.4, -0.2) is 22.9 Å². The van der Waals surface area contributed by atoms with Gasteiger partial charge >= 0.3 is 6.09 Å². The van der Waals surface area contributed by atoms with Crippen molar-refractivity contribution in [1.82, 2.24) is 5.32 Å². The fourth-order valence-electron chi connectivity index (χ4n) is 2.18. The molecule has 0 aliphatic rings. The average Bonchev–Trinajstić information content (AvgIpc) is 2.46. The monoisotopic (exact) mass is 325 g/mol. The van der Waals surface area contributed by atoms with Crippen LogP contribution in [0, 0.1) is 0 Å². The molecule has 2 rings (SSSR count). The molecule has 0 fully saturated rings. The summed E-state index contributed by atoms with van der Waals surface area (Å²) in [7, 11) is 0. The van der Waals surface area contributed by atoms with Crippen molar-refractivity contribution >= 4 is 29.3 Å². The van der Waals surface area contributed by atoms with E-state index in [2.05, 4.69) is 5.32 Å². The Labute approximate surface area is 131 Å². The van der Waals surface area contributed by atoms with Gasteiger partial charge in [0.05, 0.1) is 6.61 Å². The van der Waals surface area contributed by atoms with E-state index in [4.69, 9.17) is 28.3 Å². The lowest BCUT2D eigenvalue weighted by molar-refractivity contribution is 0.155. The zero-order chi connectivity index (χ0) is 15.5. The van der Waals surface area contributed by atoms with Crippen molar-refractivity contribution < 1.29 is 15.0 Å². The van der Waals surface area contributed by atoms with E-state index in [-0.39, 0.29) is 0 Å². The number of amides is 1. The number of hydrogen-bond acceptors (Lipinski definition) is 2. The second-order valence-corrected chi connectivity index (χ2v) is 5.38. The van der Waals surface area contributed by atoms with Crippen molar-refractivity contribution in [3.8, 4) is 0 Å². The van der Waals surface area contributed by atoms with E-state index in [1.54, 1.807) is 48.5 Å². The van der Waals surface area contributed by atoms with Crippen LogP contribution >= 0.6 is 23.2 Å². The molecule has 0 aromatic heterocycles. The van der Waals surface area contributed by atoms with E-state index in [0.717, 1.165) is 0 Å². The lowest BCUT2D eigenvalue weighted by Crippen LogP contribution is -2.49. The van der Waals surface area contributed by atoms with Crippen molar-refractivity contribution in [2.75, 3.05) is 6.61 Å². The van der Waals surface area contributed by atoms with Crippen molar-refractivity contribution in [2.24, 2.45) is 0 Å². The van der Waals surface area contributed by atoms with Crippen LogP contribution in [0.5, 0.6) is 0 Å². The number of aliphatic hydroxyl groups excluding tert-OH is 1. The lowest BCUT2D eigenvalue weighted by Gasteiger charge is -2.33. The molecule has 0 heterocycles. The van der Waals surface area contributed by atoms with E-state index in [9.17, 15) is 9.90 Å². The van der Waals surface area contributed by atoms with E-state index in [0.29, 0.717) is 21.2 Å². The standard InChI is InChI=1S/C15H13Cl2NO3/c16-12-5-1-10(2-6-12)15(9-19,18-14(20)21)11-3-7-13(17)8-4-11/h1-8,18-19H,9H2,(H,20,21). The summed E-state index contributed by atoms with van der Waals surface area (Å²) >= 11 is 11.7. The summed E-state index contributed by atoms with van der Waals surface area (Å²) < 4.78 is 0. The highest BCUT2D eigenvalue weighted by molar-refractivity contribution is 6.30. The first kappa shape index (κ1) is 15.6. The lowest BCUT2D eigenvalue weighted by atomic mass is 9.83. The van der Waals surface area contributed by atoms with Crippen LogP contribution in [-0.2, 0) is 5.54 Å². The second-order valence-electron chi connectivity index (χ2n) is 4.51. The minimum absolute atomic E-state index is 0.442. The van der Waals surface area contributed by atoms with Crippen LogP contribution in [0.4, 0.5) is 4.79 Å². The number of rotatable bonds is 4. The minimum atomic E-state index is -1.28. The molecule has 2 aromatic carbocycles. The van der Waals surface area contributed by atoms with Gasteiger partial charge in [-0.05, 0) is 35.4 Å². The molecule has 0 aliphatic heterocycles. The Morgan fingerprint density at radius 2 is 1.33 bits per heavy atom. The van der Waals surface area contributed by atoms with Gasteiger partial charge in [-0.3, -0.25) is 0 Å². The van der Waals surface area contributed by atoms with Crippen LogP contribution in [0.25, 0.3) is 0 Å². The van der Waals surface area contributed by atoms with Crippen LogP contribution in [0.1, 0.15) is 11.1 Å². The van der Waals surface area contributed by atoms with E-state index in [1.165, 1.54) is 0 Å². The molecule has 0 atom stereocenters. The molecule has 1 amide bonds. The van der Waals surface area contributed by atoms with Crippen molar-refractivity contribution in [2.45, 2.75) is 5.54 Å². The van der Waals surface area contributed by atoms with E-state index in [1.807, 2.05) is 0 Å². The van der Waals surface area contributed by atoms with Gasteiger partial charge in [0.15, 0.2) is 0 Å². The Balaban J connectivity index is 2.59. The Morgan fingerprint density at radius 1 is 0.952 bits per heavy atom. The highest BCUT2D eigenvalue weighted by atomic mass is 35.5. The van der Waals surface area contributed by atoms with Gasteiger partial charge in [0, 0.05) is 10.0 Å². The molecule has 0 unspecified atom stereocenters. The molecule has 21 heavy (non-hydrogen) atoms. The summed E-state index contributed by atoms with van der Waals surface area (Å²) in [4.78, 5) is 11.2. The van der Waals surface area contributed by atoms with Gasteiger partial charge in [-0.25, -0.2) is 4.79 Å². The Kier molecular flexibility index (Phi) is 4.73. The molecular formula is C15H13Cl2NO3. The summed E-state index contributed by atoms with van der Waals surface area (Å²) in [5, 5.41) is 22.5. The molecule has 110 valence electrons. The molecule has 0 aliphatic carbocycles. The highest BCUT2D eigenvalue weighted by Gasteiger charge is 2.35. The smallest absolute Gasteiger partial charge is 0.405 e. The summed E-state index contributed by atoms with van der Waals surface area (Å²) in [6.45, 7) is -0.442. The topological polar surface area (TPSA) is 69.6 Å². The predicted octanol–water partition coefficient (Wildman–Crippen LogP) is 3.50. The van der Waals surface area contributed by atoms with Gasteiger partial charge in [-0.15, -0.1) is 0 Å². The first-order chi connectivity index (χ1) is 9.98. The maximum absolute atomic E-state index is 11.2. The third kappa shape index (κ3) is 3.29. The molecule has 2 aromatic rings. The number of carbonyl (C=O) groups is 1. The maximum atomic E-state index is 11.2. The highest BCUT2D eigenvalue weighted by Crippen LogP contribution is 2.31. The summed E-state index contributed by atoms with van der Waals surface area (Å²) in [6.07, 6.45) is -1.24. The van der Waals surface area contributed by atoms with Gasteiger partial charge in [0.1, 0.15) is 5.54 Å². The molecule has 4 nitrogen and oxygen atoms in total. The molecule has 0 radical (unpaired) electrons. The quantitative estimate of drug-likeness (QED) is 0.805. The number of halogens is 2. The normalized spacial score (nSPS) is 11.2. The number of carboxylic acid groups (broad SMARTS) is 1. The average molecular weight is 326 g/mol. The van der Waals surface area contributed by atoms with Crippen LogP contribution in [0.3, 0.4) is 0 Å². The van der Waals surface area contributed by atoms with Crippen LogP contribution < -0.4 is 5.32 Å². The largest absolute Gasteiger partial charge is 0.465 e. The molecule has 0 saturated carbocycles. The zero-order valence-corrected chi connectivity index (χ0v) is 12.4. The number of aliphatic hydroxyl groups is 1. The summed E-state index contributed by atoms with van der Waals surface area (Å²) in [6, 6.07) is 13.2. The van der Waals surface area contributed by atoms with Gasteiger partial charge in [0.2, 0.25) is 0 Å². The van der Waals surface area contributed by atoms with Crippen molar-refractivity contribution in [3.63, 3.8) is 0 Å². The minimum Gasteiger partial charge on any atom is -0.465 e. The molecule has 0 spiro atoms. The Hall–Kier alpha value is -1.75. The molecule has 0 bridgehead atoms. The number of benzene rings is 2. The molecule has 6 heteroatoms. The molecular weight excluding hydrogens is 313 g/mol. The fraction of sp³-hybridized carbons (Fsp3) is 0.133. The van der Waals surface area contributed by atoms with Crippen LogP contribution in [0.2, 0.25) is 10.0 Å². The molecule has 0 saturated heterocycles. The third-order valence-corrected chi connectivity index (χ3v) is 3.74. The SMILES string of the molecule is O=C(O)NC(CO)(c1ccc(Cl)cc1)c1ccc(Cl)cc1. The number of nitrogens with one attached hydrogen (secondary N) is 1. The zero-order valence-electron chi connectivity index (χ0n) is 10.9. The summed E-state index contributed by atoms with van der Waals surface area (Å²) in [5.41, 5.74) is -0.112. The Morgan fingerprint density at radius 3 is 1.62 bits per heavy atom. The summed E-state index contributed by atoms with van der Waals surface area (Å²) in [5.74, 6) is 0. The van der Waals surface area contributed by atoms with Crippen molar-refractivity contribution in [1.29, 1.82) is 0 Å². The first-order valence-electron chi connectivity index (χ1n) is 6.12.